The fourth-order valence-corrected chi connectivity index (χ4v) is 1.78. The van der Waals surface area contributed by atoms with Gasteiger partial charge in [-0.1, -0.05) is 30.3 Å². The van der Waals surface area contributed by atoms with Crippen LogP contribution < -0.4 is 10.1 Å². The molecule has 0 aliphatic rings. The number of halogens is 3. The second kappa shape index (κ2) is 6.32. The number of ether oxygens (including phenoxy) is 1. The third-order valence-electron chi connectivity index (χ3n) is 2.64. The van der Waals surface area contributed by atoms with Crippen LogP contribution in [-0.4, -0.2) is 12.9 Å². The van der Waals surface area contributed by atoms with Crippen LogP contribution in [0, 0.1) is 6.07 Å². The van der Waals surface area contributed by atoms with Gasteiger partial charge in [0.15, 0.2) is 0 Å². The summed E-state index contributed by atoms with van der Waals surface area (Å²) < 4.78 is 40.8. The molecule has 0 aliphatic heterocycles. The van der Waals surface area contributed by atoms with Crippen LogP contribution in [0.4, 0.5) is 18.9 Å². The molecule has 0 amide bonds. The summed E-state index contributed by atoms with van der Waals surface area (Å²) in [5.74, 6) is -0.150. The molecule has 20 heavy (non-hydrogen) atoms. The molecule has 0 atom stereocenters. The highest BCUT2D eigenvalue weighted by molar-refractivity contribution is 5.42. The van der Waals surface area contributed by atoms with Gasteiger partial charge in [-0.05, 0) is 36.2 Å². The van der Waals surface area contributed by atoms with E-state index in [-0.39, 0.29) is 5.75 Å². The topological polar surface area (TPSA) is 21.3 Å². The fourth-order valence-electron chi connectivity index (χ4n) is 1.78. The number of para-hydroxylation sites is 1. The summed E-state index contributed by atoms with van der Waals surface area (Å²) in [5, 5.41) is 3.13. The van der Waals surface area contributed by atoms with E-state index in [9.17, 15) is 13.2 Å². The Morgan fingerprint density at radius 2 is 1.75 bits per heavy atom. The van der Waals surface area contributed by atoms with Crippen LogP contribution in [0.5, 0.6) is 5.75 Å². The van der Waals surface area contributed by atoms with E-state index in [1.165, 1.54) is 12.1 Å². The highest BCUT2D eigenvalue weighted by Gasteiger charge is 2.31. The molecule has 0 saturated carbocycles. The van der Waals surface area contributed by atoms with Crippen molar-refractivity contribution in [2.45, 2.75) is 12.8 Å². The first-order valence-corrected chi connectivity index (χ1v) is 6.08. The summed E-state index contributed by atoms with van der Waals surface area (Å²) in [5.41, 5.74) is 1.41. The van der Waals surface area contributed by atoms with Crippen LogP contribution in [0.2, 0.25) is 0 Å². The molecule has 2 aromatic rings. The van der Waals surface area contributed by atoms with Crippen molar-refractivity contribution in [3.63, 3.8) is 0 Å². The first-order valence-electron chi connectivity index (χ1n) is 6.08. The third kappa shape index (κ3) is 4.50. The molecule has 2 nitrogen and oxygen atoms in total. The highest BCUT2D eigenvalue weighted by Crippen LogP contribution is 2.26. The van der Waals surface area contributed by atoms with Crippen molar-refractivity contribution < 1.29 is 17.9 Å². The zero-order chi connectivity index (χ0) is 14.4. The van der Waals surface area contributed by atoms with Gasteiger partial charge in [0.05, 0.1) is 0 Å². The van der Waals surface area contributed by atoms with E-state index < -0.39 is 6.36 Å². The molecule has 0 fully saturated rings. The lowest BCUT2D eigenvalue weighted by atomic mass is 10.1. The van der Waals surface area contributed by atoms with E-state index in [0.29, 0.717) is 18.5 Å². The zero-order valence-corrected chi connectivity index (χ0v) is 10.6. The fraction of sp³-hybridized carbons (Fsp3) is 0.200. The largest absolute Gasteiger partial charge is 0.573 e. The van der Waals surface area contributed by atoms with Crippen LogP contribution in [0.1, 0.15) is 5.56 Å². The van der Waals surface area contributed by atoms with Gasteiger partial charge in [-0.3, -0.25) is 0 Å². The van der Waals surface area contributed by atoms with Gasteiger partial charge in [0.25, 0.3) is 0 Å². The molecule has 0 spiro atoms. The molecule has 0 aromatic heterocycles. The van der Waals surface area contributed by atoms with Crippen molar-refractivity contribution in [3.05, 3.63) is 60.2 Å². The summed E-state index contributed by atoms with van der Waals surface area (Å²) in [4.78, 5) is 0. The molecule has 1 N–H and O–H groups in total. The Kier molecular flexibility index (Phi) is 4.50. The van der Waals surface area contributed by atoms with E-state index in [4.69, 9.17) is 0 Å². The van der Waals surface area contributed by atoms with Crippen molar-refractivity contribution in [3.8, 4) is 5.75 Å². The Morgan fingerprint density at radius 3 is 2.45 bits per heavy atom. The molecule has 5 heteroatoms. The Hall–Kier alpha value is -2.17. The minimum Gasteiger partial charge on any atom is -0.406 e. The van der Waals surface area contributed by atoms with E-state index in [1.54, 1.807) is 24.3 Å². The molecule has 0 saturated heterocycles. The lowest BCUT2D eigenvalue weighted by Gasteiger charge is -2.13. The van der Waals surface area contributed by atoms with E-state index in [0.717, 1.165) is 5.69 Å². The number of rotatable bonds is 5. The normalized spacial score (nSPS) is 11.2. The van der Waals surface area contributed by atoms with Gasteiger partial charge in [0, 0.05) is 12.2 Å². The number of alkyl halides is 3. The smallest absolute Gasteiger partial charge is 0.406 e. The van der Waals surface area contributed by atoms with Gasteiger partial charge in [-0.2, -0.15) is 0 Å². The Bertz CT molecular complexity index is 540. The molecule has 0 bridgehead atoms. The van der Waals surface area contributed by atoms with Gasteiger partial charge in [0.1, 0.15) is 5.75 Å². The van der Waals surface area contributed by atoms with Gasteiger partial charge < -0.3 is 10.1 Å². The summed E-state index contributed by atoms with van der Waals surface area (Å²) in [6, 6.07) is 16.3. The maximum absolute atomic E-state index is 12.3. The minimum atomic E-state index is -4.67. The van der Waals surface area contributed by atoms with Gasteiger partial charge in [-0.25, -0.2) is 0 Å². The van der Waals surface area contributed by atoms with Crippen molar-refractivity contribution >= 4 is 5.69 Å². The van der Waals surface area contributed by atoms with Crippen LogP contribution in [0.15, 0.2) is 48.5 Å². The van der Waals surface area contributed by atoms with Gasteiger partial charge >= 0.3 is 6.36 Å². The molecule has 0 aliphatic carbocycles. The number of hydrogen-bond acceptors (Lipinski definition) is 2. The van der Waals surface area contributed by atoms with E-state index >= 15 is 0 Å². The molecule has 0 unspecified atom stereocenters. The second-order valence-corrected chi connectivity index (χ2v) is 4.12. The first kappa shape index (κ1) is 14.2. The predicted molar refractivity (Wildman–Crippen MR) is 70.6 cm³/mol. The van der Waals surface area contributed by atoms with E-state index in [2.05, 4.69) is 16.1 Å². The molecular weight excluding hydrogens is 267 g/mol. The minimum absolute atomic E-state index is 0.150. The molecule has 2 aromatic carbocycles. The quantitative estimate of drug-likeness (QED) is 0.892. The number of benzene rings is 2. The van der Waals surface area contributed by atoms with Gasteiger partial charge in [0.2, 0.25) is 0 Å². The standard InChI is InChI=1S/C15H13F3NO/c16-15(17,18)20-14-9-5-4-6-12(14)10-11-19-13-7-2-1-3-8-13/h2-9,19H,10-11H2. The molecule has 105 valence electrons. The monoisotopic (exact) mass is 280 g/mol. The van der Waals surface area contributed by atoms with Crippen LogP contribution in [-0.2, 0) is 6.42 Å². The molecule has 2 rings (SSSR count). The molecular formula is C15H13F3NO. The zero-order valence-electron chi connectivity index (χ0n) is 10.6. The average molecular weight is 280 g/mol. The number of nitrogens with one attached hydrogen (secondary N) is 1. The summed E-state index contributed by atoms with van der Waals surface area (Å²) in [6.07, 6.45) is -4.23. The second-order valence-electron chi connectivity index (χ2n) is 4.12. The van der Waals surface area contributed by atoms with Crippen molar-refractivity contribution in [1.82, 2.24) is 0 Å². The van der Waals surface area contributed by atoms with Crippen LogP contribution >= 0.6 is 0 Å². The molecule has 0 heterocycles. The maximum atomic E-state index is 12.3. The Morgan fingerprint density at radius 1 is 1.05 bits per heavy atom. The lowest BCUT2D eigenvalue weighted by molar-refractivity contribution is -0.274. The summed E-state index contributed by atoms with van der Waals surface area (Å²) >= 11 is 0. The SMILES string of the molecule is FC(F)(F)Oc1ccccc1CCNc1cc[c]cc1. The van der Waals surface area contributed by atoms with Crippen molar-refractivity contribution in [1.29, 1.82) is 0 Å². The lowest BCUT2D eigenvalue weighted by Crippen LogP contribution is -2.18. The number of hydrogen-bond donors (Lipinski definition) is 1. The first-order chi connectivity index (χ1) is 9.54. The molecule has 1 radical (unpaired) electrons. The van der Waals surface area contributed by atoms with E-state index in [1.807, 2.05) is 12.1 Å². The third-order valence-corrected chi connectivity index (χ3v) is 2.64. The van der Waals surface area contributed by atoms with Crippen molar-refractivity contribution in [2.24, 2.45) is 0 Å². The van der Waals surface area contributed by atoms with Crippen LogP contribution in [0.25, 0.3) is 0 Å². The average Bonchev–Trinajstić information content (AvgIpc) is 2.40. The Labute approximate surface area is 115 Å². The summed E-state index contributed by atoms with van der Waals surface area (Å²) in [7, 11) is 0. The van der Waals surface area contributed by atoms with Gasteiger partial charge in [-0.15, -0.1) is 13.2 Å². The van der Waals surface area contributed by atoms with Crippen LogP contribution in [0.3, 0.4) is 0 Å². The number of anilines is 1. The Balaban J connectivity index is 1.96. The maximum Gasteiger partial charge on any atom is 0.573 e. The highest BCUT2D eigenvalue weighted by atomic mass is 19.4. The predicted octanol–water partition coefficient (Wildman–Crippen LogP) is 4.04. The summed E-state index contributed by atoms with van der Waals surface area (Å²) in [6.45, 7) is 0.516. The van der Waals surface area contributed by atoms with Crippen molar-refractivity contribution in [2.75, 3.05) is 11.9 Å².